The molecule has 4 aromatic rings. The van der Waals surface area contributed by atoms with Gasteiger partial charge in [-0.2, -0.15) is 0 Å². The second kappa shape index (κ2) is 9.94. The van der Waals surface area contributed by atoms with Crippen molar-refractivity contribution in [1.82, 2.24) is 14.9 Å². The van der Waals surface area contributed by atoms with E-state index in [9.17, 15) is 4.79 Å². The molecule has 0 aliphatic heterocycles. The molecule has 1 N–H and O–H groups in total. The molecule has 5 nitrogen and oxygen atoms in total. The van der Waals surface area contributed by atoms with Crippen molar-refractivity contribution in [3.05, 3.63) is 95.8 Å². The third-order valence-corrected chi connectivity index (χ3v) is 5.21. The summed E-state index contributed by atoms with van der Waals surface area (Å²) in [5.41, 5.74) is 3.89. The number of rotatable bonds is 9. The third kappa shape index (κ3) is 5.31. The molecule has 158 valence electrons. The SMILES string of the molecule is Cc1cccc(OCCCCn2c(CNC(=O)c3ccccc3)nc3ccccc32)c1. The van der Waals surface area contributed by atoms with Crippen LogP contribution < -0.4 is 10.1 Å². The van der Waals surface area contributed by atoms with Crippen LogP contribution in [0.4, 0.5) is 0 Å². The maximum Gasteiger partial charge on any atom is 0.251 e. The molecule has 0 saturated carbocycles. The van der Waals surface area contributed by atoms with Gasteiger partial charge < -0.3 is 14.6 Å². The Hall–Kier alpha value is -3.60. The molecule has 0 atom stereocenters. The quantitative estimate of drug-likeness (QED) is 0.387. The van der Waals surface area contributed by atoms with Crippen LogP contribution in [0.15, 0.2) is 78.9 Å². The Balaban J connectivity index is 1.37. The zero-order valence-corrected chi connectivity index (χ0v) is 17.8. The predicted molar refractivity (Wildman–Crippen MR) is 123 cm³/mol. The summed E-state index contributed by atoms with van der Waals surface area (Å²) >= 11 is 0. The van der Waals surface area contributed by atoms with E-state index < -0.39 is 0 Å². The van der Waals surface area contributed by atoms with Crippen molar-refractivity contribution < 1.29 is 9.53 Å². The van der Waals surface area contributed by atoms with E-state index in [1.54, 1.807) is 0 Å². The molecular formula is C26H27N3O2. The number of imidazole rings is 1. The molecule has 31 heavy (non-hydrogen) atoms. The summed E-state index contributed by atoms with van der Waals surface area (Å²) in [6, 6.07) is 25.5. The summed E-state index contributed by atoms with van der Waals surface area (Å²) in [5, 5.41) is 3.00. The predicted octanol–water partition coefficient (Wildman–Crippen LogP) is 5.13. The fourth-order valence-corrected chi connectivity index (χ4v) is 3.63. The van der Waals surface area contributed by atoms with Crippen molar-refractivity contribution in [3.8, 4) is 5.75 Å². The lowest BCUT2D eigenvalue weighted by atomic mass is 10.2. The lowest BCUT2D eigenvalue weighted by Gasteiger charge is -2.11. The molecule has 5 heteroatoms. The average molecular weight is 414 g/mol. The van der Waals surface area contributed by atoms with E-state index >= 15 is 0 Å². The summed E-state index contributed by atoms with van der Waals surface area (Å²) in [4.78, 5) is 17.2. The van der Waals surface area contributed by atoms with E-state index in [-0.39, 0.29) is 5.91 Å². The van der Waals surface area contributed by atoms with Gasteiger partial charge in [-0.05, 0) is 61.7 Å². The van der Waals surface area contributed by atoms with E-state index in [1.165, 1.54) is 5.56 Å². The van der Waals surface area contributed by atoms with Gasteiger partial charge in [0, 0.05) is 12.1 Å². The fourth-order valence-electron chi connectivity index (χ4n) is 3.63. The molecule has 0 aliphatic carbocycles. The molecule has 3 aromatic carbocycles. The minimum absolute atomic E-state index is 0.0919. The molecule has 1 aromatic heterocycles. The zero-order chi connectivity index (χ0) is 21.5. The number of nitrogens with zero attached hydrogens (tertiary/aromatic N) is 2. The van der Waals surface area contributed by atoms with Gasteiger partial charge in [-0.3, -0.25) is 4.79 Å². The Labute approximate surface area is 182 Å². The van der Waals surface area contributed by atoms with Crippen LogP contribution in [0, 0.1) is 6.92 Å². The largest absolute Gasteiger partial charge is 0.494 e. The van der Waals surface area contributed by atoms with Gasteiger partial charge in [0.15, 0.2) is 0 Å². The molecule has 0 unspecified atom stereocenters. The van der Waals surface area contributed by atoms with Gasteiger partial charge in [0.25, 0.3) is 5.91 Å². The first-order valence-electron chi connectivity index (χ1n) is 10.7. The van der Waals surface area contributed by atoms with Crippen molar-refractivity contribution in [3.63, 3.8) is 0 Å². The first-order chi connectivity index (χ1) is 15.2. The maximum atomic E-state index is 12.4. The number of ether oxygens (including phenoxy) is 1. The molecule has 0 spiro atoms. The molecule has 0 aliphatic rings. The second-order valence-corrected chi connectivity index (χ2v) is 7.59. The number of hydrogen-bond donors (Lipinski definition) is 1. The van der Waals surface area contributed by atoms with Gasteiger partial charge in [-0.1, -0.05) is 42.5 Å². The van der Waals surface area contributed by atoms with Crippen LogP contribution >= 0.6 is 0 Å². The highest BCUT2D eigenvalue weighted by Gasteiger charge is 2.12. The first kappa shape index (κ1) is 20.7. The number of carbonyl (C=O) groups excluding carboxylic acids is 1. The van der Waals surface area contributed by atoms with Crippen LogP contribution in [0.5, 0.6) is 5.75 Å². The minimum atomic E-state index is -0.0919. The van der Waals surface area contributed by atoms with Crippen molar-refractivity contribution in [2.24, 2.45) is 0 Å². The maximum absolute atomic E-state index is 12.4. The Kier molecular flexibility index (Phi) is 6.62. The minimum Gasteiger partial charge on any atom is -0.494 e. The number of benzene rings is 3. The Morgan fingerprint density at radius 2 is 1.77 bits per heavy atom. The van der Waals surface area contributed by atoms with Gasteiger partial charge in [0.2, 0.25) is 0 Å². The average Bonchev–Trinajstić information content (AvgIpc) is 3.15. The number of amides is 1. The van der Waals surface area contributed by atoms with Crippen LogP contribution in [0.1, 0.15) is 34.6 Å². The summed E-state index contributed by atoms with van der Waals surface area (Å²) in [6.07, 6.45) is 1.90. The monoisotopic (exact) mass is 413 g/mol. The molecule has 0 bridgehead atoms. The number of carbonyl (C=O) groups is 1. The van der Waals surface area contributed by atoms with Crippen LogP contribution in [0.2, 0.25) is 0 Å². The summed E-state index contributed by atoms with van der Waals surface area (Å²) in [5.74, 6) is 1.69. The number of aryl methyl sites for hydroxylation is 2. The highest BCUT2D eigenvalue weighted by molar-refractivity contribution is 5.94. The number of para-hydroxylation sites is 2. The number of aromatic nitrogens is 2. The zero-order valence-electron chi connectivity index (χ0n) is 17.8. The van der Waals surface area contributed by atoms with Crippen molar-refractivity contribution in [2.75, 3.05) is 6.61 Å². The molecule has 1 heterocycles. The van der Waals surface area contributed by atoms with Crippen LogP contribution in [0.25, 0.3) is 11.0 Å². The van der Waals surface area contributed by atoms with E-state index in [0.717, 1.165) is 42.0 Å². The standard InChI is InChI=1S/C26H27N3O2/c1-20-10-9-13-22(18-20)31-17-8-7-16-29-24-15-6-5-14-23(24)28-25(29)19-27-26(30)21-11-3-2-4-12-21/h2-6,9-15,18H,7-8,16-17,19H2,1H3,(H,27,30). The summed E-state index contributed by atoms with van der Waals surface area (Å²) in [6.45, 7) is 3.96. The number of unbranched alkanes of at least 4 members (excludes halogenated alkanes) is 1. The lowest BCUT2D eigenvalue weighted by molar-refractivity contribution is 0.0949. The first-order valence-corrected chi connectivity index (χ1v) is 10.7. The molecule has 0 radical (unpaired) electrons. The number of hydrogen-bond acceptors (Lipinski definition) is 3. The topological polar surface area (TPSA) is 56.1 Å². The van der Waals surface area contributed by atoms with Gasteiger partial charge in [-0.25, -0.2) is 4.98 Å². The Bertz CT molecular complexity index is 1150. The van der Waals surface area contributed by atoms with E-state index in [2.05, 4.69) is 35.0 Å². The van der Waals surface area contributed by atoms with Crippen LogP contribution in [-0.4, -0.2) is 22.1 Å². The van der Waals surface area contributed by atoms with Crippen molar-refractivity contribution in [2.45, 2.75) is 32.9 Å². The normalized spacial score (nSPS) is 10.9. The third-order valence-electron chi connectivity index (χ3n) is 5.21. The fraction of sp³-hybridized carbons (Fsp3) is 0.231. The van der Waals surface area contributed by atoms with Crippen molar-refractivity contribution in [1.29, 1.82) is 0 Å². The van der Waals surface area contributed by atoms with Gasteiger partial charge >= 0.3 is 0 Å². The van der Waals surface area contributed by atoms with Gasteiger partial charge in [0.05, 0.1) is 24.2 Å². The lowest BCUT2D eigenvalue weighted by Crippen LogP contribution is -2.24. The van der Waals surface area contributed by atoms with E-state index in [0.29, 0.717) is 18.7 Å². The summed E-state index contributed by atoms with van der Waals surface area (Å²) < 4.78 is 8.07. The van der Waals surface area contributed by atoms with Gasteiger partial charge in [-0.15, -0.1) is 0 Å². The second-order valence-electron chi connectivity index (χ2n) is 7.59. The van der Waals surface area contributed by atoms with E-state index in [4.69, 9.17) is 9.72 Å². The molecule has 0 saturated heterocycles. The van der Waals surface area contributed by atoms with Crippen LogP contribution in [0.3, 0.4) is 0 Å². The highest BCUT2D eigenvalue weighted by atomic mass is 16.5. The molecule has 1 amide bonds. The van der Waals surface area contributed by atoms with Gasteiger partial charge in [0.1, 0.15) is 11.6 Å². The van der Waals surface area contributed by atoms with Crippen LogP contribution in [-0.2, 0) is 13.1 Å². The highest BCUT2D eigenvalue weighted by Crippen LogP contribution is 2.18. The summed E-state index contributed by atoms with van der Waals surface area (Å²) in [7, 11) is 0. The molecule has 4 rings (SSSR count). The molecule has 0 fully saturated rings. The van der Waals surface area contributed by atoms with Crippen molar-refractivity contribution >= 4 is 16.9 Å². The smallest absolute Gasteiger partial charge is 0.251 e. The molecular weight excluding hydrogens is 386 g/mol. The number of fused-ring (bicyclic) bond motifs is 1. The number of nitrogens with one attached hydrogen (secondary N) is 1. The Morgan fingerprint density at radius 3 is 2.61 bits per heavy atom. The Morgan fingerprint density at radius 1 is 0.968 bits per heavy atom. The van der Waals surface area contributed by atoms with E-state index in [1.807, 2.05) is 60.7 Å².